The van der Waals surface area contributed by atoms with Crippen molar-refractivity contribution in [2.24, 2.45) is 0 Å². The molecule has 0 saturated heterocycles. The topological polar surface area (TPSA) is 136 Å². The van der Waals surface area contributed by atoms with Gasteiger partial charge in [0.05, 0.1) is 10.5 Å². The zero-order valence-electron chi connectivity index (χ0n) is 10.7. The standard InChI is InChI=1S/C12H9N3O6/c1-6-2-10(14-21-6)11(16)13-8-3-7(12(17)18)4-9(5-8)15(19)20/h2-5H,1H3,(H,13,16)(H,17,18). The second kappa shape index (κ2) is 5.41. The van der Waals surface area contributed by atoms with E-state index >= 15 is 0 Å². The quantitative estimate of drug-likeness (QED) is 0.647. The summed E-state index contributed by atoms with van der Waals surface area (Å²) in [6.45, 7) is 1.60. The number of rotatable bonds is 4. The van der Waals surface area contributed by atoms with Gasteiger partial charge in [0.25, 0.3) is 11.6 Å². The number of carboxylic acids is 1. The van der Waals surface area contributed by atoms with Crippen LogP contribution in [-0.4, -0.2) is 27.1 Å². The summed E-state index contributed by atoms with van der Waals surface area (Å²) in [6.07, 6.45) is 0. The molecule has 2 rings (SSSR count). The van der Waals surface area contributed by atoms with Crippen molar-refractivity contribution in [3.8, 4) is 0 Å². The molecule has 1 aromatic heterocycles. The van der Waals surface area contributed by atoms with Crippen molar-refractivity contribution in [2.45, 2.75) is 6.92 Å². The summed E-state index contributed by atoms with van der Waals surface area (Å²) in [5, 5.41) is 25.5. The number of carboxylic acid groups (broad SMARTS) is 1. The van der Waals surface area contributed by atoms with Crippen molar-refractivity contribution in [2.75, 3.05) is 5.32 Å². The highest BCUT2D eigenvalue weighted by Crippen LogP contribution is 2.21. The fourth-order valence-corrected chi connectivity index (χ4v) is 1.58. The second-order valence-electron chi connectivity index (χ2n) is 4.11. The zero-order valence-corrected chi connectivity index (χ0v) is 10.7. The van der Waals surface area contributed by atoms with Crippen molar-refractivity contribution < 1.29 is 24.1 Å². The van der Waals surface area contributed by atoms with Crippen LogP contribution in [-0.2, 0) is 0 Å². The molecule has 2 N–H and O–H groups in total. The van der Waals surface area contributed by atoms with Gasteiger partial charge in [-0.05, 0) is 13.0 Å². The predicted molar refractivity (Wildman–Crippen MR) is 69.2 cm³/mol. The predicted octanol–water partition coefficient (Wildman–Crippen LogP) is 1.84. The first-order chi connectivity index (χ1) is 9.86. The molecule has 0 radical (unpaired) electrons. The molecule has 0 aliphatic carbocycles. The maximum Gasteiger partial charge on any atom is 0.336 e. The summed E-state index contributed by atoms with van der Waals surface area (Å²) < 4.78 is 4.73. The molecule has 1 aromatic carbocycles. The molecule has 1 heterocycles. The molecule has 9 nitrogen and oxygen atoms in total. The van der Waals surface area contributed by atoms with Crippen LogP contribution in [0.5, 0.6) is 0 Å². The van der Waals surface area contributed by atoms with Crippen LogP contribution < -0.4 is 5.32 Å². The molecule has 0 saturated carbocycles. The molecule has 0 atom stereocenters. The number of aromatic nitrogens is 1. The van der Waals surface area contributed by atoms with Crippen LogP contribution >= 0.6 is 0 Å². The molecule has 0 bridgehead atoms. The van der Waals surface area contributed by atoms with Crippen LogP contribution in [0.4, 0.5) is 11.4 Å². The van der Waals surface area contributed by atoms with E-state index in [2.05, 4.69) is 10.5 Å². The molecule has 108 valence electrons. The molecule has 0 fully saturated rings. The average molecular weight is 291 g/mol. The third-order valence-corrected chi connectivity index (χ3v) is 2.49. The number of benzene rings is 1. The number of aromatic carboxylic acids is 1. The highest BCUT2D eigenvalue weighted by Gasteiger charge is 2.17. The Balaban J connectivity index is 2.32. The monoisotopic (exact) mass is 291 g/mol. The third-order valence-electron chi connectivity index (χ3n) is 2.49. The summed E-state index contributed by atoms with van der Waals surface area (Å²) in [6, 6.07) is 4.44. The number of nitro groups is 1. The summed E-state index contributed by atoms with van der Waals surface area (Å²) in [5.74, 6) is -1.58. The number of nitro benzene ring substituents is 1. The Hall–Kier alpha value is -3.23. The number of hydrogen-bond donors (Lipinski definition) is 2. The Morgan fingerprint density at radius 3 is 2.57 bits per heavy atom. The van der Waals surface area contributed by atoms with E-state index in [0.717, 1.165) is 18.2 Å². The van der Waals surface area contributed by atoms with Gasteiger partial charge < -0.3 is 14.9 Å². The summed E-state index contributed by atoms with van der Waals surface area (Å²) in [4.78, 5) is 32.8. The van der Waals surface area contributed by atoms with E-state index in [1.807, 2.05) is 0 Å². The molecule has 0 aliphatic rings. The SMILES string of the molecule is Cc1cc(C(=O)Nc2cc(C(=O)O)cc([N+](=O)[O-])c2)no1. The lowest BCUT2D eigenvalue weighted by molar-refractivity contribution is -0.384. The van der Waals surface area contributed by atoms with E-state index in [-0.39, 0.29) is 16.9 Å². The number of non-ortho nitro benzene ring substituents is 1. The number of nitrogens with one attached hydrogen (secondary N) is 1. The molecule has 0 spiro atoms. The van der Waals surface area contributed by atoms with E-state index in [1.165, 1.54) is 6.07 Å². The van der Waals surface area contributed by atoms with Gasteiger partial charge in [-0.2, -0.15) is 0 Å². The van der Waals surface area contributed by atoms with Gasteiger partial charge >= 0.3 is 5.97 Å². The normalized spacial score (nSPS) is 10.1. The van der Waals surface area contributed by atoms with Crippen LogP contribution in [0, 0.1) is 17.0 Å². The number of amides is 1. The summed E-state index contributed by atoms with van der Waals surface area (Å²) in [5.41, 5.74) is -0.791. The van der Waals surface area contributed by atoms with E-state index in [1.54, 1.807) is 6.92 Å². The third kappa shape index (κ3) is 3.21. The Morgan fingerprint density at radius 1 is 1.33 bits per heavy atom. The lowest BCUT2D eigenvalue weighted by Crippen LogP contribution is -2.13. The van der Waals surface area contributed by atoms with Crippen LogP contribution in [0.25, 0.3) is 0 Å². The van der Waals surface area contributed by atoms with Crippen molar-refractivity contribution in [1.82, 2.24) is 5.16 Å². The summed E-state index contributed by atoms with van der Waals surface area (Å²) in [7, 11) is 0. The highest BCUT2D eigenvalue weighted by molar-refractivity contribution is 6.03. The van der Waals surface area contributed by atoms with Crippen molar-refractivity contribution in [3.63, 3.8) is 0 Å². The second-order valence-corrected chi connectivity index (χ2v) is 4.11. The number of aryl methyl sites for hydroxylation is 1. The molecule has 0 unspecified atom stereocenters. The van der Waals surface area contributed by atoms with Gasteiger partial charge in [0, 0.05) is 23.9 Å². The molecule has 0 aliphatic heterocycles. The minimum absolute atomic E-state index is 0.0177. The molecular weight excluding hydrogens is 282 g/mol. The first-order valence-corrected chi connectivity index (χ1v) is 5.64. The Kier molecular flexibility index (Phi) is 3.65. The Bertz CT molecular complexity index is 704. The van der Waals surface area contributed by atoms with Gasteiger partial charge in [-0.1, -0.05) is 5.16 Å². The molecule has 21 heavy (non-hydrogen) atoms. The lowest BCUT2D eigenvalue weighted by atomic mass is 10.1. The Morgan fingerprint density at radius 2 is 2.05 bits per heavy atom. The van der Waals surface area contributed by atoms with Crippen LogP contribution in [0.2, 0.25) is 0 Å². The minimum atomic E-state index is -1.34. The van der Waals surface area contributed by atoms with Crippen molar-refractivity contribution >= 4 is 23.3 Å². The fourth-order valence-electron chi connectivity index (χ4n) is 1.58. The fraction of sp³-hybridized carbons (Fsp3) is 0.0833. The number of anilines is 1. The highest BCUT2D eigenvalue weighted by atomic mass is 16.6. The van der Waals surface area contributed by atoms with Crippen molar-refractivity contribution in [1.29, 1.82) is 0 Å². The van der Waals surface area contributed by atoms with Gasteiger partial charge in [0.2, 0.25) is 0 Å². The van der Waals surface area contributed by atoms with Gasteiger partial charge in [-0.25, -0.2) is 4.79 Å². The van der Waals surface area contributed by atoms with E-state index in [9.17, 15) is 19.7 Å². The van der Waals surface area contributed by atoms with Crippen molar-refractivity contribution in [3.05, 3.63) is 51.4 Å². The van der Waals surface area contributed by atoms with Gasteiger partial charge in [-0.15, -0.1) is 0 Å². The molecule has 2 aromatic rings. The summed E-state index contributed by atoms with van der Waals surface area (Å²) >= 11 is 0. The van der Waals surface area contributed by atoms with Gasteiger partial charge in [0.15, 0.2) is 5.69 Å². The lowest BCUT2D eigenvalue weighted by Gasteiger charge is -2.04. The number of nitrogens with zero attached hydrogens (tertiary/aromatic N) is 2. The maximum absolute atomic E-state index is 11.8. The van der Waals surface area contributed by atoms with Gasteiger partial charge in [-0.3, -0.25) is 14.9 Å². The zero-order chi connectivity index (χ0) is 15.6. The number of carbonyl (C=O) groups is 2. The maximum atomic E-state index is 11.8. The first-order valence-electron chi connectivity index (χ1n) is 5.64. The Labute approximate surface area is 117 Å². The molecule has 9 heteroatoms. The smallest absolute Gasteiger partial charge is 0.336 e. The molecular formula is C12H9N3O6. The average Bonchev–Trinajstić information content (AvgIpc) is 2.85. The largest absolute Gasteiger partial charge is 0.478 e. The van der Waals surface area contributed by atoms with Crippen LogP contribution in [0.1, 0.15) is 26.6 Å². The van der Waals surface area contributed by atoms with Crippen LogP contribution in [0.15, 0.2) is 28.8 Å². The minimum Gasteiger partial charge on any atom is -0.478 e. The van der Waals surface area contributed by atoms with E-state index in [0.29, 0.717) is 5.76 Å². The van der Waals surface area contributed by atoms with Crippen LogP contribution in [0.3, 0.4) is 0 Å². The van der Waals surface area contributed by atoms with E-state index < -0.39 is 22.5 Å². The molecule has 1 amide bonds. The van der Waals surface area contributed by atoms with E-state index in [4.69, 9.17) is 9.63 Å². The first kappa shape index (κ1) is 14.2. The number of hydrogen-bond acceptors (Lipinski definition) is 6. The number of carbonyl (C=O) groups excluding carboxylic acids is 1. The van der Waals surface area contributed by atoms with Gasteiger partial charge in [0.1, 0.15) is 5.76 Å².